The van der Waals surface area contributed by atoms with Crippen LogP contribution in [0.3, 0.4) is 0 Å². The van der Waals surface area contributed by atoms with Gasteiger partial charge in [-0.25, -0.2) is 0 Å². The van der Waals surface area contributed by atoms with E-state index < -0.39 is 0 Å². The van der Waals surface area contributed by atoms with Gasteiger partial charge in [0, 0.05) is 19.2 Å². The fraction of sp³-hybridized carbons (Fsp3) is 0.500. The first kappa shape index (κ1) is 13.7. The molecule has 104 valence electrons. The minimum absolute atomic E-state index is 0.0224. The Labute approximate surface area is 113 Å². The molecule has 19 heavy (non-hydrogen) atoms. The van der Waals surface area contributed by atoms with Gasteiger partial charge in [0.1, 0.15) is 11.5 Å². The summed E-state index contributed by atoms with van der Waals surface area (Å²) in [5, 5.41) is 0. The van der Waals surface area contributed by atoms with E-state index in [1.807, 2.05) is 11.0 Å². The van der Waals surface area contributed by atoms with Crippen LogP contribution >= 0.6 is 0 Å². The van der Waals surface area contributed by atoms with Crippen LogP contribution in [-0.4, -0.2) is 44.7 Å². The third-order valence-electron chi connectivity index (χ3n) is 3.40. The Balaban J connectivity index is 2.34. The Morgan fingerprint density at radius 2 is 2.11 bits per heavy atom. The molecule has 2 rings (SSSR count). The van der Waals surface area contributed by atoms with Crippen molar-refractivity contribution < 1.29 is 14.3 Å². The molecule has 0 saturated carbocycles. The molecule has 0 saturated heterocycles. The van der Waals surface area contributed by atoms with Crippen LogP contribution in [0.25, 0.3) is 0 Å². The maximum Gasteiger partial charge on any atom is 0.257 e. The average Bonchev–Trinajstić information content (AvgIpc) is 2.45. The van der Waals surface area contributed by atoms with Crippen LogP contribution in [0.1, 0.15) is 22.3 Å². The molecule has 1 aromatic carbocycles. The SMILES string of the molecule is COc1cc2c(c(OC)c1)C(=O)N(CCCN)CC2. The highest BCUT2D eigenvalue weighted by Crippen LogP contribution is 2.32. The molecule has 1 amide bonds. The molecule has 1 aromatic rings. The second-order valence-electron chi connectivity index (χ2n) is 4.55. The Bertz CT molecular complexity index is 457. The number of benzene rings is 1. The first-order chi connectivity index (χ1) is 9.21. The molecule has 2 N–H and O–H groups in total. The Kier molecular flexibility index (Phi) is 4.27. The molecule has 5 nitrogen and oxygen atoms in total. The molecule has 1 heterocycles. The largest absolute Gasteiger partial charge is 0.497 e. The van der Waals surface area contributed by atoms with Gasteiger partial charge in [-0.1, -0.05) is 0 Å². The van der Waals surface area contributed by atoms with Gasteiger partial charge >= 0.3 is 0 Å². The van der Waals surface area contributed by atoms with Gasteiger partial charge in [-0.2, -0.15) is 0 Å². The average molecular weight is 264 g/mol. The number of carbonyl (C=O) groups is 1. The number of ether oxygens (including phenoxy) is 2. The smallest absolute Gasteiger partial charge is 0.257 e. The molecule has 1 aliphatic rings. The minimum Gasteiger partial charge on any atom is -0.497 e. The van der Waals surface area contributed by atoms with Crippen LogP contribution in [-0.2, 0) is 6.42 Å². The van der Waals surface area contributed by atoms with Gasteiger partial charge in [-0.3, -0.25) is 4.79 Å². The Morgan fingerprint density at radius 3 is 2.74 bits per heavy atom. The lowest BCUT2D eigenvalue weighted by atomic mass is 9.97. The van der Waals surface area contributed by atoms with Crippen molar-refractivity contribution in [1.29, 1.82) is 0 Å². The van der Waals surface area contributed by atoms with E-state index in [9.17, 15) is 4.79 Å². The maximum atomic E-state index is 12.5. The predicted octanol–water partition coefficient (Wildman–Crippen LogP) is 1.05. The summed E-state index contributed by atoms with van der Waals surface area (Å²) in [6, 6.07) is 3.67. The third-order valence-corrected chi connectivity index (χ3v) is 3.40. The van der Waals surface area contributed by atoms with E-state index in [0.29, 0.717) is 24.4 Å². The molecule has 0 fully saturated rings. The summed E-state index contributed by atoms with van der Waals surface area (Å²) in [7, 11) is 3.18. The lowest BCUT2D eigenvalue weighted by Crippen LogP contribution is -2.39. The van der Waals surface area contributed by atoms with E-state index >= 15 is 0 Å². The van der Waals surface area contributed by atoms with E-state index in [2.05, 4.69) is 0 Å². The van der Waals surface area contributed by atoms with Gasteiger partial charge in [-0.15, -0.1) is 0 Å². The number of nitrogens with zero attached hydrogens (tertiary/aromatic N) is 1. The third kappa shape index (κ3) is 2.66. The summed E-state index contributed by atoms with van der Waals surface area (Å²) < 4.78 is 10.6. The van der Waals surface area contributed by atoms with E-state index in [1.54, 1.807) is 20.3 Å². The summed E-state index contributed by atoms with van der Waals surface area (Å²) in [6.07, 6.45) is 1.64. The molecule has 0 radical (unpaired) electrons. The number of methoxy groups -OCH3 is 2. The summed E-state index contributed by atoms with van der Waals surface area (Å²) in [5.41, 5.74) is 7.15. The molecular weight excluding hydrogens is 244 g/mol. The molecule has 0 atom stereocenters. The first-order valence-electron chi connectivity index (χ1n) is 6.45. The summed E-state index contributed by atoms with van der Waals surface area (Å²) >= 11 is 0. The molecule has 0 aromatic heterocycles. The zero-order valence-electron chi connectivity index (χ0n) is 11.4. The molecule has 0 unspecified atom stereocenters. The van der Waals surface area contributed by atoms with Crippen molar-refractivity contribution in [3.8, 4) is 11.5 Å². The normalized spacial score (nSPS) is 14.3. The Hall–Kier alpha value is -1.75. The topological polar surface area (TPSA) is 64.8 Å². The maximum absolute atomic E-state index is 12.5. The van der Waals surface area contributed by atoms with Gasteiger partial charge in [0.15, 0.2) is 0 Å². The molecule has 1 aliphatic heterocycles. The monoisotopic (exact) mass is 264 g/mol. The molecule has 0 aliphatic carbocycles. The number of carbonyl (C=O) groups excluding carboxylic acids is 1. The van der Waals surface area contributed by atoms with Crippen molar-refractivity contribution in [3.63, 3.8) is 0 Å². The fourth-order valence-electron chi connectivity index (χ4n) is 2.37. The Morgan fingerprint density at radius 1 is 1.32 bits per heavy atom. The van der Waals surface area contributed by atoms with Crippen molar-refractivity contribution in [2.45, 2.75) is 12.8 Å². The summed E-state index contributed by atoms with van der Waals surface area (Å²) in [4.78, 5) is 14.3. The molecule has 0 bridgehead atoms. The van der Waals surface area contributed by atoms with Crippen molar-refractivity contribution in [2.75, 3.05) is 33.9 Å². The van der Waals surface area contributed by atoms with Crippen LogP contribution in [0.15, 0.2) is 12.1 Å². The van der Waals surface area contributed by atoms with E-state index in [4.69, 9.17) is 15.2 Å². The second-order valence-corrected chi connectivity index (χ2v) is 4.55. The number of amides is 1. The molecular formula is C14H20N2O3. The quantitative estimate of drug-likeness (QED) is 0.863. The van der Waals surface area contributed by atoms with E-state index in [-0.39, 0.29) is 5.91 Å². The fourth-order valence-corrected chi connectivity index (χ4v) is 2.37. The number of nitrogens with two attached hydrogens (primary N) is 1. The number of rotatable bonds is 5. The molecule has 0 spiro atoms. The van der Waals surface area contributed by atoms with Crippen LogP contribution in [0.5, 0.6) is 11.5 Å². The number of fused-ring (bicyclic) bond motifs is 1. The zero-order valence-corrected chi connectivity index (χ0v) is 11.4. The number of hydrogen-bond donors (Lipinski definition) is 1. The van der Waals surface area contributed by atoms with Crippen molar-refractivity contribution in [1.82, 2.24) is 4.90 Å². The second kappa shape index (κ2) is 5.93. The lowest BCUT2D eigenvalue weighted by Gasteiger charge is -2.29. The van der Waals surface area contributed by atoms with E-state index in [1.165, 1.54) is 0 Å². The first-order valence-corrected chi connectivity index (χ1v) is 6.45. The van der Waals surface area contributed by atoms with Gasteiger partial charge in [-0.05, 0) is 31.0 Å². The van der Waals surface area contributed by atoms with Crippen molar-refractivity contribution >= 4 is 5.91 Å². The minimum atomic E-state index is 0.0224. The standard InChI is InChI=1S/C14H20N2O3/c1-18-11-8-10-4-7-16(6-3-5-15)14(17)13(10)12(9-11)19-2/h8-9H,3-7,15H2,1-2H3. The van der Waals surface area contributed by atoms with Gasteiger partial charge in [0.05, 0.1) is 19.8 Å². The van der Waals surface area contributed by atoms with Crippen LogP contribution in [0.4, 0.5) is 0 Å². The predicted molar refractivity (Wildman–Crippen MR) is 72.8 cm³/mol. The zero-order chi connectivity index (χ0) is 13.8. The summed E-state index contributed by atoms with van der Waals surface area (Å²) in [6.45, 7) is 2.02. The van der Waals surface area contributed by atoms with Crippen LogP contribution < -0.4 is 15.2 Å². The highest BCUT2D eigenvalue weighted by molar-refractivity contribution is 5.99. The van der Waals surface area contributed by atoms with Crippen molar-refractivity contribution in [2.24, 2.45) is 5.73 Å². The van der Waals surface area contributed by atoms with E-state index in [0.717, 1.165) is 30.7 Å². The van der Waals surface area contributed by atoms with Crippen molar-refractivity contribution in [3.05, 3.63) is 23.3 Å². The highest BCUT2D eigenvalue weighted by Gasteiger charge is 2.28. The van der Waals surface area contributed by atoms with Crippen LogP contribution in [0.2, 0.25) is 0 Å². The summed E-state index contributed by atoms with van der Waals surface area (Å²) in [5.74, 6) is 1.32. The lowest BCUT2D eigenvalue weighted by molar-refractivity contribution is 0.0735. The van der Waals surface area contributed by atoms with Gasteiger partial charge in [0.25, 0.3) is 5.91 Å². The number of hydrogen-bond acceptors (Lipinski definition) is 4. The van der Waals surface area contributed by atoms with Gasteiger partial charge in [0.2, 0.25) is 0 Å². The molecule has 5 heteroatoms. The highest BCUT2D eigenvalue weighted by atomic mass is 16.5. The van der Waals surface area contributed by atoms with Gasteiger partial charge < -0.3 is 20.1 Å². The van der Waals surface area contributed by atoms with Crippen LogP contribution in [0, 0.1) is 0 Å².